The number of esters is 1. The lowest BCUT2D eigenvalue weighted by Crippen LogP contribution is -2.46. The molecule has 3 aliphatic rings. The molecule has 0 spiro atoms. The molecule has 0 saturated carbocycles. The van der Waals surface area contributed by atoms with Crippen molar-refractivity contribution in [2.75, 3.05) is 13.1 Å². The maximum absolute atomic E-state index is 11.8. The number of nitrogens with zero attached hydrogens (tertiary/aromatic N) is 1. The number of ether oxygens (including phenoxy) is 1. The third kappa shape index (κ3) is 3.68. The van der Waals surface area contributed by atoms with Gasteiger partial charge in [-0.1, -0.05) is 42.5 Å². The third-order valence-electron chi connectivity index (χ3n) is 4.79. The van der Waals surface area contributed by atoms with E-state index in [9.17, 15) is 4.79 Å². The molecule has 1 aromatic carbocycles. The Balaban J connectivity index is 0.000000880. The smallest absolute Gasteiger partial charge is 0.331 e. The van der Waals surface area contributed by atoms with Gasteiger partial charge < -0.3 is 4.74 Å². The summed E-state index contributed by atoms with van der Waals surface area (Å²) in [6, 6.07) is 10.2. The van der Waals surface area contributed by atoms with Gasteiger partial charge in [-0.15, -0.1) is 12.8 Å². The third-order valence-corrected chi connectivity index (χ3v) is 4.79. The van der Waals surface area contributed by atoms with Gasteiger partial charge in [0.1, 0.15) is 6.10 Å². The fourth-order valence-electron chi connectivity index (χ4n) is 3.65. The Morgan fingerprint density at radius 1 is 1.12 bits per heavy atom. The van der Waals surface area contributed by atoms with E-state index in [1.54, 1.807) is 6.08 Å². The molecule has 3 heteroatoms. The fourth-order valence-corrected chi connectivity index (χ4v) is 3.65. The lowest BCUT2D eigenvalue weighted by Gasteiger charge is -2.36. The van der Waals surface area contributed by atoms with Gasteiger partial charge in [-0.3, -0.25) is 4.90 Å². The van der Waals surface area contributed by atoms with E-state index in [1.807, 2.05) is 30.3 Å². The van der Waals surface area contributed by atoms with Crippen LogP contribution in [-0.2, 0) is 9.53 Å². The number of hydrogen-bond donors (Lipinski definition) is 0. The van der Waals surface area contributed by atoms with Crippen molar-refractivity contribution in [1.29, 1.82) is 0 Å². The first-order valence-corrected chi connectivity index (χ1v) is 8.58. The SMILES string of the molecule is C#C.O=C1C=C2C(C#Cc3ccccc3)=CCN3CCCC[C@@H]3C2O1. The summed E-state index contributed by atoms with van der Waals surface area (Å²) in [7, 11) is 0. The number of benzene rings is 1. The second-order valence-corrected chi connectivity index (χ2v) is 6.25. The highest BCUT2D eigenvalue weighted by atomic mass is 16.5. The average molecular weight is 331 g/mol. The summed E-state index contributed by atoms with van der Waals surface area (Å²) < 4.78 is 5.62. The van der Waals surface area contributed by atoms with E-state index in [4.69, 9.17) is 4.74 Å². The van der Waals surface area contributed by atoms with Crippen molar-refractivity contribution in [1.82, 2.24) is 4.90 Å². The Bertz CT molecular complexity index is 776. The molecule has 25 heavy (non-hydrogen) atoms. The van der Waals surface area contributed by atoms with Gasteiger partial charge in [0.2, 0.25) is 0 Å². The van der Waals surface area contributed by atoms with Crippen LogP contribution in [0.4, 0.5) is 0 Å². The predicted octanol–water partition coefficient (Wildman–Crippen LogP) is 2.93. The lowest BCUT2D eigenvalue weighted by atomic mass is 9.92. The molecule has 3 heterocycles. The van der Waals surface area contributed by atoms with E-state index in [0.29, 0.717) is 6.04 Å². The van der Waals surface area contributed by atoms with Gasteiger partial charge in [0.05, 0.1) is 6.04 Å². The summed E-state index contributed by atoms with van der Waals surface area (Å²) >= 11 is 0. The largest absolute Gasteiger partial charge is 0.453 e. The fraction of sp³-hybridized carbons (Fsp3) is 0.318. The molecule has 0 aliphatic carbocycles. The molecule has 2 atom stereocenters. The van der Waals surface area contributed by atoms with Crippen LogP contribution in [0, 0.1) is 24.7 Å². The first-order valence-electron chi connectivity index (χ1n) is 8.58. The monoisotopic (exact) mass is 331 g/mol. The van der Waals surface area contributed by atoms with E-state index in [0.717, 1.165) is 36.2 Å². The van der Waals surface area contributed by atoms with Crippen molar-refractivity contribution >= 4 is 5.97 Å². The maximum atomic E-state index is 11.8. The second kappa shape index (κ2) is 7.88. The van der Waals surface area contributed by atoms with Gasteiger partial charge in [0, 0.05) is 29.3 Å². The predicted molar refractivity (Wildman–Crippen MR) is 98.5 cm³/mol. The van der Waals surface area contributed by atoms with E-state index in [1.165, 1.54) is 12.8 Å². The summed E-state index contributed by atoms with van der Waals surface area (Å²) in [6.45, 7) is 1.96. The van der Waals surface area contributed by atoms with Crippen molar-refractivity contribution < 1.29 is 9.53 Å². The van der Waals surface area contributed by atoms with Gasteiger partial charge in [0.15, 0.2) is 0 Å². The minimum Gasteiger partial charge on any atom is -0.453 e. The van der Waals surface area contributed by atoms with E-state index >= 15 is 0 Å². The summed E-state index contributed by atoms with van der Waals surface area (Å²) in [5, 5.41) is 0. The highest BCUT2D eigenvalue weighted by molar-refractivity contribution is 5.88. The second-order valence-electron chi connectivity index (χ2n) is 6.25. The van der Waals surface area contributed by atoms with Crippen LogP contribution in [0.5, 0.6) is 0 Å². The molecular formula is C22H21NO2. The van der Waals surface area contributed by atoms with Crippen molar-refractivity contribution in [2.45, 2.75) is 31.4 Å². The van der Waals surface area contributed by atoms with Crippen molar-refractivity contribution in [2.24, 2.45) is 0 Å². The summed E-state index contributed by atoms with van der Waals surface area (Å²) in [6.07, 6.45) is 15.1. The Kier molecular flexibility index (Phi) is 5.39. The topological polar surface area (TPSA) is 29.5 Å². The number of terminal acetylenes is 1. The number of hydrogen-bond acceptors (Lipinski definition) is 3. The van der Waals surface area contributed by atoms with Crippen molar-refractivity contribution in [3.63, 3.8) is 0 Å². The summed E-state index contributed by atoms with van der Waals surface area (Å²) in [4.78, 5) is 14.3. The number of rotatable bonds is 0. The van der Waals surface area contributed by atoms with Crippen LogP contribution in [0.2, 0.25) is 0 Å². The minimum atomic E-state index is -0.232. The molecular weight excluding hydrogens is 310 g/mol. The minimum absolute atomic E-state index is 0.151. The highest BCUT2D eigenvalue weighted by Crippen LogP contribution is 2.34. The van der Waals surface area contributed by atoms with Crippen LogP contribution < -0.4 is 0 Å². The highest BCUT2D eigenvalue weighted by Gasteiger charge is 2.40. The van der Waals surface area contributed by atoms with E-state index in [2.05, 4.69) is 35.7 Å². The molecule has 126 valence electrons. The molecule has 1 saturated heterocycles. The van der Waals surface area contributed by atoms with Gasteiger partial charge in [-0.25, -0.2) is 4.79 Å². The molecule has 0 radical (unpaired) electrons. The van der Waals surface area contributed by atoms with Crippen LogP contribution in [0.1, 0.15) is 24.8 Å². The van der Waals surface area contributed by atoms with Crippen LogP contribution in [0.25, 0.3) is 0 Å². The normalized spacial score (nSPS) is 24.6. The summed E-state index contributed by atoms with van der Waals surface area (Å²) in [5.74, 6) is 6.24. The van der Waals surface area contributed by atoms with Gasteiger partial charge >= 0.3 is 5.97 Å². The van der Waals surface area contributed by atoms with Crippen LogP contribution in [0.15, 0.2) is 53.6 Å². The molecule has 4 rings (SSSR count). The molecule has 0 bridgehead atoms. The lowest BCUT2D eigenvalue weighted by molar-refractivity contribution is -0.141. The molecule has 0 aromatic heterocycles. The zero-order valence-electron chi connectivity index (χ0n) is 14.2. The first kappa shape index (κ1) is 17.1. The maximum Gasteiger partial charge on any atom is 0.331 e. The Hall–Kier alpha value is -2.75. The van der Waals surface area contributed by atoms with Crippen molar-refractivity contribution in [3.05, 3.63) is 59.2 Å². The van der Waals surface area contributed by atoms with Crippen LogP contribution >= 0.6 is 0 Å². The standard InChI is InChI=1S/C20H19NO2.C2H2/c22-19-14-17-16(10-9-15-6-2-1-3-7-15)11-13-21-12-5-4-8-18(21)20(17)23-19;1-2/h1-3,6-7,11,14,18,20H,4-5,8,12-13H2;1-2H/t18-,20?;/m1./s1. The first-order chi connectivity index (χ1) is 12.3. The Morgan fingerprint density at radius 2 is 1.92 bits per heavy atom. The van der Waals surface area contributed by atoms with E-state index < -0.39 is 0 Å². The number of carbonyl (C=O) groups is 1. The Labute approximate surface area is 149 Å². The van der Waals surface area contributed by atoms with Gasteiger partial charge in [-0.05, 0) is 31.5 Å². The van der Waals surface area contributed by atoms with Gasteiger partial charge in [0.25, 0.3) is 0 Å². The molecule has 0 amide bonds. The molecule has 1 unspecified atom stereocenters. The average Bonchev–Trinajstić information content (AvgIpc) is 2.99. The molecule has 3 aliphatic heterocycles. The zero-order valence-corrected chi connectivity index (χ0v) is 14.2. The number of carbonyl (C=O) groups excluding carboxylic acids is 1. The number of piperidine rings is 1. The molecule has 0 N–H and O–H groups in total. The quantitative estimate of drug-likeness (QED) is 0.541. The van der Waals surface area contributed by atoms with E-state index in [-0.39, 0.29) is 12.1 Å². The van der Waals surface area contributed by atoms with Crippen LogP contribution in [0.3, 0.4) is 0 Å². The Morgan fingerprint density at radius 3 is 2.72 bits per heavy atom. The molecule has 1 fully saturated rings. The van der Waals surface area contributed by atoms with Crippen molar-refractivity contribution in [3.8, 4) is 24.7 Å². The number of fused-ring (bicyclic) bond motifs is 3. The zero-order chi connectivity index (χ0) is 17.6. The molecule has 3 nitrogen and oxygen atoms in total. The molecule has 1 aromatic rings. The van der Waals surface area contributed by atoms with Gasteiger partial charge in [-0.2, -0.15) is 0 Å². The summed E-state index contributed by atoms with van der Waals surface area (Å²) in [5.41, 5.74) is 2.89. The van der Waals surface area contributed by atoms with Crippen LogP contribution in [-0.4, -0.2) is 36.1 Å².